The topological polar surface area (TPSA) is 51.0 Å². The maximum Gasteiger partial charge on any atom is 0.254 e. The van der Waals surface area contributed by atoms with Crippen molar-refractivity contribution in [2.24, 2.45) is 0 Å². The van der Waals surface area contributed by atoms with Gasteiger partial charge in [0.25, 0.3) is 5.91 Å². The Morgan fingerprint density at radius 3 is 2.56 bits per heavy atom. The van der Waals surface area contributed by atoms with Crippen LogP contribution in [-0.2, 0) is 6.54 Å². The molecule has 0 unspecified atom stereocenters. The van der Waals surface area contributed by atoms with E-state index in [1.807, 2.05) is 52.0 Å². The van der Waals surface area contributed by atoms with Crippen molar-refractivity contribution in [1.29, 1.82) is 0 Å². The molecule has 0 bridgehead atoms. The number of rotatable bonds is 3. The minimum Gasteiger partial charge on any atom is -0.327 e. The van der Waals surface area contributed by atoms with Gasteiger partial charge in [-0.25, -0.2) is 9.67 Å². The van der Waals surface area contributed by atoms with E-state index in [1.165, 1.54) is 12.8 Å². The van der Waals surface area contributed by atoms with E-state index in [0.29, 0.717) is 19.0 Å². The molecule has 0 radical (unpaired) electrons. The third kappa shape index (κ3) is 2.93. The molecule has 5 rings (SSSR count). The molecule has 3 aromatic rings. The average Bonchev–Trinajstić information content (AvgIpc) is 3.47. The Balaban J connectivity index is 1.42. The predicted octanol–water partition coefficient (Wildman–Crippen LogP) is 4.04. The maximum absolute atomic E-state index is 13.2. The Morgan fingerprint density at radius 2 is 1.78 bits per heavy atom. The van der Waals surface area contributed by atoms with Crippen molar-refractivity contribution in [2.75, 3.05) is 6.54 Å². The number of aromatic nitrogens is 3. The highest BCUT2D eigenvalue weighted by Gasteiger charge is 2.34. The fraction of sp³-hybridized carbons (Fsp3) is 0.318. The lowest BCUT2D eigenvalue weighted by Crippen LogP contribution is -2.41. The molecule has 1 aliphatic heterocycles. The number of fused-ring (bicyclic) bond motifs is 1. The van der Waals surface area contributed by atoms with Crippen LogP contribution < -0.4 is 0 Å². The van der Waals surface area contributed by atoms with E-state index in [0.717, 1.165) is 28.3 Å². The standard InChI is InChI=1S/C22H22N4O/c1-15-21-23-20(17-10-11-17)24-26(21)13-12-25(15)22(27)19-9-5-8-18(14-19)16-6-3-2-4-7-16/h2-9,14-15,17H,10-13H2,1H3/t15-/m1/s1. The second kappa shape index (κ2) is 6.34. The average molecular weight is 358 g/mol. The summed E-state index contributed by atoms with van der Waals surface area (Å²) in [5.41, 5.74) is 2.90. The van der Waals surface area contributed by atoms with Gasteiger partial charge in [-0.15, -0.1) is 0 Å². The van der Waals surface area contributed by atoms with Crippen LogP contribution in [0.5, 0.6) is 0 Å². The van der Waals surface area contributed by atoms with Gasteiger partial charge in [0, 0.05) is 18.0 Å². The van der Waals surface area contributed by atoms with E-state index < -0.39 is 0 Å². The molecule has 27 heavy (non-hydrogen) atoms. The van der Waals surface area contributed by atoms with E-state index in [-0.39, 0.29) is 11.9 Å². The second-order valence-corrected chi connectivity index (χ2v) is 7.45. The smallest absolute Gasteiger partial charge is 0.254 e. The third-order valence-electron chi connectivity index (χ3n) is 5.53. The zero-order valence-electron chi connectivity index (χ0n) is 15.4. The summed E-state index contributed by atoms with van der Waals surface area (Å²) >= 11 is 0. The van der Waals surface area contributed by atoms with Crippen LogP contribution in [0.2, 0.25) is 0 Å². The highest BCUT2D eigenvalue weighted by Crippen LogP contribution is 2.39. The molecule has 0 N–H and O–H groups in total. The lowest BCUT2D eigenvalue weighted by molar-refractivity contribution is 0.0631. The van der Waals surface area contributed by atoms with Gasteiger partial charge in [-0.3, -0.25) is 4.79 Å². The highest BCUT2D eigenvalue weighted by molar-refractivity contribution is 5.95. The molecule has 1 aliphatic carbocycles. The lowest BCUT2D eigenvalue weighted by Gasteiger charge is -2.33. The van der Waals surface area contributed by atoms with Crippen LogP contribution in [0.25, 0.3) is 11.1 Å². The van der Waals surface area contributed by atoms with Gasteiger partial charge >= 0.3 is 0 Å². The molecular formula is C22H22N4O. The Hall–Kier alpha value is -2.95. The summed E-state index contributed by atoms with van der Waals surface area (Å²) in [6, 6.07) is 18.0. The second-order valence-electron chi connectivity index (χ2n) is 7.45. The molecule has 5 heteroatoms. The zero-order valence-corrected chi connectivity index (χ0v) is 15.4. The molecule has 1 aromatic heterocycles. The number of hydrogen-bond acceptors (Lipinski definition) is 3. The normalized spacial score (nSPS) is 19.0. The van der Waals surface area contributed by atoms with Crippen molar-refractivity contribution in [3.05, 3.63) is 71.8 Å². The first kappa shape index (κ1) is 16.2. The minimum atomic E-state index is -0.0633. The van der Waals surface area contributed by atoms with Crippen LogP contribution in [0, 0.1) is 0 Å². The van der Waals surface area contributed by atoms with Crippen LogP contribution in [0.4, 0.5) is 0 Å². The van der Waals surface area contributed by atoms with Crippen LogP contribution in [0.15, 0.2) is 54.6 Å². The van der Waals surface area contributed by atoms with Crippen molar-refractivity contribution in [1.82, 2.24) is 19.7 Å². The first-order chi connectivity index (χ1) is 13.2. The van der Waals surface area contributed by atoms with Crippen molar-refractivity contribution in [2.45, 2.75) is 38.3 Å². The fourth-order valence-electron chi connectivity index (χ4n) is 3.80. The van der Waals surface area contributed by atoms with Crippen molar-refractivity contribution in [3.63, 3.8) is 0 Å². The Morgan fingerprint density at radius 1 is 1.00 bits per heavy atom. The molecule has 5 nitrogen and oxygen atoms in total. The summed E-state index contributed by atoms with van der Waals surface area (Å²) in [6.07, 6.45) is 2.37. The fourth-order valence-corrected chi connectivity index (χ4v) is 3.80. The van der Waals surface area contributed by atoms with Crippen molar-refractivity contribution < 1.29 is 4.79 Å². The lowest BCUT2D eigenvalue weighted by atomic mass is 10.0. The summed E-state index contributed by atoms with van der Waals surface area (Å²) in [7, 11) is 0. The third-order valence-corrected chi connectivity index (χ3v) is 5.53. The predicted molar refractivity (Wildman–Crippen MR) is 103 cm³/mol. The molecule has 2 aromatic carbocycles. The number of amides is 1. The largest absolute Gasteiger partial charge is 0.327 e. The summed E-state index contributed by atoms with van der Waals surface area (Å²) in [5.74, 6) is 2.46. The number of carbonyl (C=O) groups excluding carboxylic acids is 1. The monoisotopic (exact) mass is 358 g/mol. The van der Waals surface area contributed by atoms with Gasteiger partial charge in [0.05, 0.1) is 12.6 Å². The van der Waals surface area contributed by atoms with Gasteiger partial charge in [-0.05, 0) is 43.0 Å². The Kier molecular flexibility index (Phi) is 3.81. The molecule has 2 heterocycles. The molecular weight excluding hydrogens is 336 g/mol. The van der Waals surface area contributed by atoms with E-state index in [4.69, 9.17) is 4.98 Å². The van der Waals surface area contributed by atoms with Gasteiger partial charge in [0.1, 0.15) is 5.82 Å². The first-order valence-electron chi connectivity index (χ1n) is 9.62. The van der Waals surface area contributed by atoms with Crippen LogP contribution in [-0.4, -0.2) is 32.1 Å². The van der Waals surface area contributed by atoms with E-state index in [9.17, 15) is 4.79 Å². The zero-order chi connectivity index (χ0) is 18.4. The van der Waals surface area contributed by atoms with Gasteiger partial charge in [0.2, 0.25) is 0 Å². The quantitative estimate of drug-likeness (QED) is 0.710. The van der Waals surface area contributed by atoms with Gasteiger partial charge in [-0.1, -0.05) is 42.5 Å². The van der Waals surface area contributed by atoms with Gasteiger partial charge in [-0.2, -0.15) is 5.10 Å². The SMILES string of the molecule is C[C@@H]1c2nc(C3CC3)nn2CCN1C(=O)c1cccc(-c2ccccc2)c1. The molecule has 1 saturated carbocycles. The van der Waals surface area contributed by atoms with E-state index >= 15 is 0 Å². The molecule has 1 amide bonds. The Labute approximate surface area is 158 Å². The highest BCUT2D eigenvalue weighted by atomic mass is 16.2. The van der Waals surface area contributed by atoms with Crippen LogP contribution >= 0.6 is 0 Å². The minimum absolute atomic E-state index is 0.0579. The van der Waals surface area contributed by atoms with Gasteiger partial charge in [0.15, 0.2) is 5.82 Å². The summed E-state index contributed by atoms with van der Waals surface area (Å²) < 4.78 is 1.99. The first-order valence-corrected chi connectivity index (χ1v) is 9.62. The number of hydrogen-bond donors (Lipinski definition) is 0. The Bertz CT molecular complexity index is 991. The molecule has 1 atom stereocenters. The van der Waals surface area contributed by atoms with Crippen LogP contribution in [0.1, 0.15) is 53.7 Å². The summed E-state index contributed by atoms with van der Waals surface area (Å²) in [4.78, 5) is 19.9. The number of nitrogens with zero attached hydrogens (tertiary/aromatic N) is 4. The molecule has 0 saturated heterocycles. The summed E-state index contributed by atoms with van der Waals surface area (Å²) in [5, 5.41) is 4.65. The number of carbonyl (C=O) groups is 1. The maximum atomic E-state index is 13.2. The van der Waals surface area contributed by atoms with Crippen LogP contribution in [0.3, 0.4) is 0 Å². The molecule has 0 spiro atoms. The molecule has 1 fully saturated rings. The number of benzene rings is 2. The molecule has 2 aliphatic rings. The van der Waals surface area contributed by atoms with Crippen molar-refractivity contribution in [3.8, 4) is 11.1 Å². The van der Waals surface area contributed by atoms with Crippen molar-refractivity contribution >= 4 is 5.91 Å². The van der Waals surface area contributed by atoms with E-state index in [2.05, 4.69) is 24.2 Å². The summed E-state index contributed by atoms with van der Waals surface area (Å²) in [6.45, 7) is 3.43. The van der Waals surface area contributed by atoms with Gasteiger partial charge < -0.3 is 4.90 Å². The molecule has 136 valence electrons. The van der Waals surface area contributed by atoms with E-state index in [1.54, 1.807) is 0 Å².